The van der Waals surface area contributed by atoms with Crippen LogP contribution in [-0.2, 0) is 9.84 Å². The third-order valence-electron chi connectivity index (χ3n) is 4.78. The smallest absolute Gasteiger partial charge is 0.262 e. The zero-order chi connectivity index (χ0) is 22.2. The van der Waals surface area contributed by atoms with E-state index in [1.807, 2.05) is 0 Å². The first kappa shape index (κ1) is 21.3. The molecular formula is C20H20N2O7S. The van der Waals surface area contributed by atoms with E-state index in [2.05, 4.69) is 0 Å². The lowest BCUT2D eigenvalue weighted by Crippen LogP contribution is -2.38. The summed E-state index contributed by atoms with van der Waals surface area (Å²) in [5.41, 5.74) is 5.47. The van der Waals surface area contributed by atoms with Gasteiger partial charge in [0, 0.05) is 6.26 Å². The van der Waals surface area contributed by atoms with Crippen LogP contribution in [0.5, 0.6) is 11.5 Å². The van der Waals surface area contributed by atoms with Crippen LogP contribution in [0.4, 0.5) is 0 Å². The molecule has 158 valence electrons. The molecule has 0 saturated carbocycles. The van der Waals surface area contributed by atoms with Crippen molar-refractivity contribution in [1.29, 1.82) is 0 Å². The molecule has 0 aliphatic carbocycles. The summed E-state index contributed by atoms with van der Waals surface area (Å²) in [6.45, 7) is 0. The number of benzene rings is 2. The van der Waals surface area contributed by atoms with Crippen molar-refractivity contribution < 1.29 is 32.3 Å². The summed E-state index contributed by atoms with van der Waals surface area (Å²) in [5.74, 6) is -2.16. The molecule has 1 heterocycles. The van der Waals surface area contributed by atoms with Gasteiger partial charge in [-0.2, -0.15) is 0 Å². The summed E-state index contributed by atoms with van der Waals surface area (Å²) in [4.78, 5) is 38.8. The van der Waals surface area contributed by atoms with Gasteiger partial charge in [-0.15, -0.1) is 0 Å². The second-order valence-corrected chi connectivity index (χ2v) is 8.98. The van der Waals surface area contributed by atoms with Gasteiger partial charge in [0.2, 0.25) is 5.91 Å². The largest absolute Gasteiger partial charge is 0.493 e. The van der Waals surface area contributed by atoms with Crippen molar-refractivity contribution in [2.45, 2.75) is 6.04 Å². The summed E-state index contributed by atoms with van der Waals surface area (Å²) in [6.07, 6.45) is 1.01. The first-order chi connectivity index (χ1) is 14.1. The van der Waals surface area contributed by atoms with Crippen LogP contribution in [0.2, 0.25) is 0 Å². The molecule has 2 aromatic carbocycles. The summed E-state index contributed by atoms with van der Waals surface area (Å²) >= 11 is 0. The first-order valence-corrected chi connectivity index (χ1v) is 10.9. The maximum Gasteiger partial charge on any atom is 0.262 e. The fourth-order valence-electron chi connectivity index (χ4n) is 3.46. The lowest BCUT2D eigenvalue weighted by molar-refractivity contribution is 0.0595. The van der Waals surface area contributed by atoms with Gasteiger partial charge < -0.3 is 15.2 Å². The molecule has 0 saturated heterocycles. The molecule has 10 heteroatoms. The van der Waals surface area contributed by atoms with Gasteiger partial charge in [0.05, 0.1) is 42.7 Å². The number of hydrogen-bond donors (Lipinski definition) is 1. The van der Waals surface area contributed by atoms with Crippen molar-refractivity contribution in [3.05, 3.63) is 58.7 Å². The van der Waals surface area contributed by atoms with Crippen molar-refractivity contribution >= 4 is 27.6 Å². The molecule has 1 aliphatic heterocycles. The topological polar surface area (TPSA) is 133 Å². The van der Waals surface area contributed by atoms with E-state index in [0.717, 1.165) is 11.2 Å². The number of imide groups is 1. The number of methoxy groups -OCH3 is 2. The zero-order valence-electron chi connectivity index (χ0n) is 16.5. The van der Waals surface area contributed by atoms with E-state index in [0.29, 0.717) is 17.1 Å². The number of carbonyl (C=O) groups is 3. The molecule has 0 bridgehead atoms. The molecule has 30 heavy (non-hydrogen) atoms. The van der Waals surface area contributed by atoms with E-state index in [1.165, 1.54) is 38.5 Å². The van der Waals surface area contributed by atoms with E-state index >= 15 is 0 Å². The lowest BCUT2D eigenvalue weighted by atomic mass is 10.0. The van der Waals surface area contributed by atoms with Crippen LogP contribution >= 0.6 is 0 Å². The van der Waals surface area contributed by atoms with Crippen LogP contribution in [-0.4, -0.2) is 57.3 Å². The average molecular weight is 432 g/mol. The van der Waals surface area contributed by atoms with E-state index in [-0.39, 0.29) is 16.7 Å². The fourth-order valence-corrected chi connectivity index (χ4v) is 4.37. The fraction of sp³-hybridized carbons (Fsp3) is 0.250. The molecular weight excluding hydrogens is 412 g/mol. The molecule has 1 aliphatic rings. The minimum absolute atomic E-state index is 0.00437. The summed E-state index contributed by atoms with van der Waals surface area (Å²) in [5, 5.41) is 0. The number of fused-ring (bicyclic) bond motifs is 1. The Morgan fingerprint density at radius 2 is 1.73 bits per heavy atom. The van der Waals surface area contributed by atoms with Crippen LogP contribution in [0.1, 0.15) is 42.7 Å². The number of ether oxygens (including phenoxy) is 2. The molecule has 0 aromatic heterocycles. The number of sulfone groups is 1. The predicted octanol–water partition coefficient (Wildman–Crippen LogP) is 1.18. The van der Waals surface area contributed by atoms with E-state index in [4.69, 9.17) is 15.2 Å². The Morgan fingerprint density at radius 3 is 2.30 bits per heavy atom. The molecule has 1 atom stereocenters. The molecule has 0 fully saturated rings. The second-order valence-electron chi connectivity index (χ2n) is 6.80. The maximum absolute atomic E-state index is 13.2. The molecule has 2 aromatic rings. The Hall–Kier alpha value is -3.40. The summed E-state index contributed by atoms with van der Waals surface area (Å²) < 4.78 is 34.7. The van der Waals surface area contributed by atoms with Gasteiger partial charge in [-0.1, -0.05) is 12.1 Å². The Morgan fingerprint density at radius 1 is 1.07 bits per heavy atom. The lowest BCUT2D eigenvalue weighted by Gasteiger charge is -2.26. The number of amides is 3. The number of hydrogen-bond acceptors (Lipinski definition) is 7. The third kappa shape index (κ3) is 3.73. The number of nitrogens with two attached hydrogens (primary N) is 1. The van der Waals surface area contributed by atoms with Crippen LogP contribution in [0.3, 0.4) is 0 Å². The zero-order valence-corrected chi connectivity index (χ0v) is 17.4. The van der Waals surface area contributed by atoms with Gasteiger partial charge >= 0.3 is 0 Å². The Bertz CT molecular complexity index is 1160. The minimum Gasteiger partial charge on any atom is -0.493 e. The van der Waals surface area contributed by atoms with E-state index in [9.17, 15) is 22.8 Å². The molecule has 0 radical (unpaired) electrons. The normalized spacial score (nSPS) is 14.4. The highest BCUT2D eigenvalue weighted by Crippen LogP contribution is 2.37. The molecule has 0 spiro atoms. The van der Waals surface area contributed by atoms with Gasteiger partial charge in [0.1, 0.15) is 9.84 Å². The first-order valence-electron chi connectivity index (χ1n) is 8.79. The SMILES string of the molecule is COc1ccc(C(CS(C)(=O)=O)N2C(=O)c3cccc(C(N)=O)c3C2=O)cc1OC. The monoisotopic (exact) mass is 432 g/mol. The summed E-state index contributed by atoms with van der Waals surface area (Å²) in [7, 11) is -0.758. The number of carbonyl (C=O) groups excluding carboxylic acids is 3. The van der Waals surface area contributed by atoms with Crippen molar-refractivity contribution in [2.24, 2.45) is 5.73 Å². The van der Waals surface area contributed by atoms with Gasteiger partial charge in [-0.05, 0) is 29.8 Å². The van der Waals surface area contributed by atoms with Gasteiger partial charge in [-0.3, -0.25) is 19.3 Å². The number of nitrogens with zero attached hydrogens (tertiary/aromatic N) is 1. The standard InChI is InChI=1S/C20H20N2O7S/c1-28-15-8-7-11(9-16(15)29-2)14(10-30(3,26)27)22-19(24)13-6-4-5-12(18(21)23)17(13)20(22)25/h4-9,14H,10H2,1-3H3,(H2,21,23). The van der Waals surface area contributed by atoms with Crippen LogP contribution in [0.15, 0.2) is 36.4 Å². The van der Waals surface area contributed by atoms with Crippen molar-refractivity contribution in [1.82, 2.24) is 4.90 Å². The molecule has 3 rings (SSSR count). The van der Waals surface area contributed by atoms with Crippen molar-refractivity contribution in [2.75, 3.05) is 26.2 Å². The Labute approximate surface area is 173 Å². The van der Waals surface area contributed by atoms with E-state index < -0.39 is 39.4 Å². The highest BCUT2D eigenvalue weighted by atomic mass is 32.2. The van der Waals surface area contributed by atoms with Gasteiger partial charge in [-0.25, -0.2) is 8.42 Å². The maximum atomic E-state index is 13.2. The number of rotatable bonds is 7. The van der Waals surface area contributed by atoms with Crippen molar-refractivity contribution in [3.8, 4) is 11.5 Å². The Kier molecular flexibility index (Phi) is 5.53. The quantitative estimate of drug-likeness (QED) is 0.650. The molecule has 1 unspecified atom stereocenters. The molecule has 3 amide bonds. The highest BCUT2D eigenvalue weighted by molar-refractivity contribution is 7.90. The highest BCUT2D eigenvalue weighted by Gasteiger charge is 2.43. The van der Waals surface area contributed by atoms with Crippen molar-refractivity contribution in [3.63, 3.8) is 0 Å². The molecule has 9 nitrogen and oxygen atoms in total. The second kappa shape index (κ2) is 7.79. The predicted molar refractivity (Wildman–Crippen MR) is 107 cm³/mol. The minimum atomic E-state index is -3.61. The summed E-state index contributed by atoms with van der Waals surface area (Å²) in [6, 6.07) is 7.65. The average Bonchev–Trinajstić information content (AvgIpc) is 2.95. The Balaban J connectivity index is 2.17. The van der Waals surface area contributed by atoms with Crippen LogP contribution in [0, 0.1) is 0 Å². The van der Waals surface area contributed by atoms with Crippen LogP contribution in [0.25, 0.3) is 0 Å². The van der Waals surface area contributed by atoms with Gasteiger partial charge in [0.25, 0.3) is 11.8 Å². The third-order valence-corrected chi connectivity index (χ3v) is 5.70. The van der Waals surface area contributed by atoms with Crippen LogP contribution < -0.4 is 15.2 Å². The number of primary amides is 1. The molecule has 2 N–H and O–H groups in total. The van der Waals surface area contributed by atoms with Gasteiger partial charge in [0.15, 0.2) is 11.5 Å². The van der Waals surface area contributed by atoms with E-state index in [1.54, 1.807) is 12.1 Å².